The minimum Gasteiger partial charge on any atom is -0.506 e. The minimum absolute atomic E-state index is 0.289. The highest BCUT2D eigenvalue weighted by molar-refractivity contribution is 5.84. The molecular formula is C16H20N2O. The molecule has 0 aliphatic carbocycles. The fraction of sp³-hybridized carbons (Fsp3) is 0.438. The van der Waals surface area contributed by atoms with Crippen LogP contribution >= 0.6 is 0 Å². The Morgan fingerprint density at radius 3 is 2.79 bits per heavy atom. The molecule has 1 aromatic carbocycles. The lowest BCUT2D eigenvalue weighted by atomic mass is 10.0. The Kier molecular flexibility index (Phi) is 3.38. The molecule has 19 heavy (non-hydrogen) atoms. The molecule has 1 unspecified atom stereocenters. The number of rotatable bonds is 2. The number of phenols is 1. The van der Waals surface area contributed by atoms with Crippen molar-refractivity contribution in [3.8, 4) is 5.75 Å². The average molecular weight is 256 g/mol. The largest absolute Gasteiger partial charge is 0.506 e. The Morgan fingerprint density at radius 2 is 2.00 bits per heavy atom. The molecule has 0 spiro atoms. The zero-order chi connectivity index (χ0) is 13.2. The number of aromatic nitrogens is 1. The standard InChI is InChI=1S/C16H20N2O/c1-12(18-8-3-2-4-9-18)14-10-13-6-5-7-17-16(13)15(19)11-14/h5-7,10-12,19H,2-4,8-9H2,1H3. The lowest BCUT2D eigenvalue weighted by Gasteiger charge is -2.32. The molecule has 1 atom stereocenters. The van der Waals surface area contributed by atoms with Crippen LogP contribution in [0.25, 0.3) is 10.9 Å². The third kappa shape index (κ3) is 2.43. The smallest absolute Gasteiger partial charge is 0.142 e. The first-order valence-corrected chi connectivity index (χ1v) is 7.07. The van der Waals surface area contributed by atoms with Crippen LogP contribution in [0.3, 0.4) is 0 Å². The summed E-state index contributed by atoms with van der Waals surface area (Å²) in [5, 5.41) is 11.1. The number of likely N-dealkylation sites (tertiary alicyclic amines) is 1. The second-order valence-electron chi connectivity index (χ2n) is 5.39. The number of phenolic OH excluding ortho intramolecular Hbond substituents is 1. The molecule has 1 fully saturated rings. The van der Waals surface area contributed by atoms with Crippen LogP contribution in [0.2, 0.25) is 0 Å². The van der Waals surface area contributed by atoms with Crippen LogP contribution in [0.4, 0.5) is 0 Å². The number of hydrogen-bond donors (Lipinski definition) is 1. The molecule has 1 aliphatic rings. The van der Waals surface area contributed by atoms with E-state index in [-0.39, 0.29) is 5.75 Å². The lowest BCUT2D eigenvalue weighted by Crippen LogP contribution is -2.32. The first-order chi connectivity index (χ1) is 9.25. The molecule has 3 rings (SSSR count). The monoisotopic (exact) mass is 256 g/mol. The van der Waals surface area contributed by atoms with Gasteiger partial charge in [-0.25, -0.2) is 0 Å². The van der Waals surface area contributed by atoms with Crippen molar-refractivity contribution in [1.29, 1.82) is 0 Å². The molecular weight excluding hydrogens is 236 g/mol. The van der Waals surface area contributed by atoms with Crippen LogP contribution in [0, 0.1) is 0 Å². The lowest BCUT2D eigenvalue weighted by molar-refractivity contribution is 0.175. The van der Waals surface area contributed by atoms with Gasteiger partial charge in [-0.2, -0.15) is 0 Å². The quantitative estimate of drug-likeness (QED) is 0.893. The summed E-state index contributed by atoms with van der Waals surface area (Å²) in [5.74, 6) is 0.289. The number of nitrogens with zero attached hydrogens (tertiary/aromatic N) is 2. The fourth-order valence-electron chi connectivity index (χ4n) is 2.95. The number of benzene rings is 1. The summed E-state index contributed by atoms with van der Waals surface area (Å²) < 4.78 is 0. The van der Waals surface area contributed by atoms with E-state index in [0.29, 0.717) is 11.6 Å². The molecule has 1 aliphatic heterocycles. The van der Waals surface area contributed by atoms with Crippen LogP contribution < -0.4 is 0 Å². The summed E-state index contributed by atoms with van der Waals surface area (Å²) in [6, 6.07) is 8.30. The predicted octanol–water partition coefficient (Wildman–Crippen LogP) is 3.49. The van der Waals surface area contributed by atoms with Gasteiger partial charge in [-0.15, -0.1) is 0 Å². The molecule has 0 saturated carbocycles. The number of fused-ring (bicyclic) bond motifs is 1. The van der Waals surface area contributed by atoms with E-state index < -0.39 is 0 Å². The Morgan fingerprint density at radius 1 is 1.21 bits per heavy atom. The zero-order valence-electron chi connectivity index (χ0n) is 11.3. The summed E-state index contributed by atoms with van der Waals surface area (Å²) in [5.41, 5.74) is 1.87. The molecule has 0 amide bonds. The van der Waals surface area contributed by atoms with E-state index in [0.717, 1.165) is 18.5 Å². The first kappa shape index (κ1) is 12.4. The van der Waals surface area contributed by atoms with Gasteiger partial charge in [0.05, 0.1) is 0 Å². The number of pyridine rings is 1. The minimum atomic E-state index is 0.289. The van der Waals surface area contributed by atoms with E-state index in [2.05, 4.69) is 22.9 Å². The number of aromatic hydroxyl groups is 1. The van der Waals surface area contributed by atoms with Gasteiger partial charge >= 0.3 is 0 Å². The van der Waals surface area contributed by atoms with Crippen LogP contribution in [0.15, 0.2) is 30.5 Å². The summed E-state index contributed by atoms with van der Waals surface area (Å²) in [6.45, 7) is 4.54. The van der Waals surface area contributed by atoms with Crippen molar-refractivity contribution in [2.24, 2.45) is 0 Å². The Balaban J connectivity index is 1.95. The van der Waals surface area contributed by atoms with Crippen LogP contribution in [-0.4, -0.2) is 28.1 Å². The first-order valence-electron chi connectivity index (χ1n) is 7.07. The number of piperidine rings is 1. The van der Waals surface area contributed by atoms with Gasteiger partial charge in [0.1, 0.15) is 11.3 Å². The molecule has 1 aromatic heterocycles. The number of hydrogen-bond acceptors (Lipinski definition) is 3. The van der Waals surface area contributed by atoms with Gasteiger partial charge in [0.15, 0.2) is 0 Å². The fourth-order valence-corrected chi connectivity index (χ4v) is 2.95. The maximum atomic E-state index is 10.1. The van der Waals surface area contributed by atoms with Crippen LogP contribution in [0.1, 0.15) is 37.8 Å². The Labute approximate surface area is 113 Å². The maximum absolute atomic E-state index is 10.1. The summed E-state index contributed by atoms with van der Waals surface area (Å²) in [4.78, 5) is 6.73. The highest BCUT2D eigenvalue weighted by Gasteiger charge is 2.19. The summed E-state index contributed by atoms with van der Waals surface area (Å²) in [6.07, 6.45) is 5.63. The molecule has 0 radical (unpaired) electrons. The molecule has 0 bridgehead atoms. The SMILES string of the molecule is CC(c1cc(O)c2ncccc2c1)N1CCCCC1. The summed E-state index contributed by atoms with van der Waals surface area (Å²) >= 11 is 0. The van der Waals surface area contributed by atoms with Gasteiger partial charge < -0.3 is 5.11 Å². The molecule has 2 heterocycles. The average Bonchev–Trinajstić information content (AvgIpc) is 2.47. The summed E-state index contributed by atoms with van der Waals surface area (Å²) in [7, 11) is 0. The molecule has 100 valence electrons. The zero-order valence-corrected chi connectivity index (χ0v) is 11.3. The van der Waals surface area contributed by atoms with Crippen molar-refractivity contribution in [3.05, 3.63) is 36.0 Å². The van der Waals surface area contributed by atoms with Gasteiger partial charge in [-0.05, 0) is 56.6 Å². The third-order valence-corrected chi connectivity index (χ3v) is 4.13. The second-order valence-corrected chi connectivity index (χ2v) is 5.39. The second kappa shape index (κ2) is 5.17. The molecule has 2 aromatic rings. The molecule has 3 heteroatoms. The maximum Gasteiger partial charge on any atom is 0.142 e. The van der Waals surface area contributed by atoms with Crippen molar-refractivity contribution >= 4 is 10.9 Å². The molecule has 1 saturated heterocycles. The van der Waals surface area contributed by atoms with E-state index in [1.54, 1.807) is 6.20 Å². The van der Waals surface area contributed by atoms with Crippen molar-refractivity contribution in [1.82, 2.24) is 9.88 Å². The topological polar surface area (TPSA) is 36.4 Å². The predicted molar refractivity (Wildman–Crippen MR) is 77.2 cm³/mol. The van der Waals surface area contributed by atoms with Gasteiger partial charge in [-0.3, -0.25) is 9.88 Å². The Bertz CT molecular complexity index is 576. The van der Waals surface area contributed by atoms with Crippen LogP contribution in [-0.2, 0) is 0 Å². The van der Waals surface area contributed by atoms with E-state index in [9.17, 15) is 5.11 Å². The van der Waals surface area contributed by atoms with E-state index in [1.165, 1.54) is 24.8 Å². The van der Waals surface area contributed by atoms with E-state index >= 15 is 0 Å². The van der Waals surface area contributed by atoms with Crippen molar-refractivity contribution < 1.29 is 5.11 Å². The van der Waals surface area contributed by atoms with E-state index in [4.69, 9.17) is 0 Å². The van der Waals surface area contributed by atoms with Gasteiger partial charge in [-0.1, -0.05) is 12.5 Å². The highest BCUT2D eigenvalue weighted by atomic mass is 16.3. The highest BCUT2D eigenvalue weighted by Crippen LogP contribution is 2.31. The third-order valence-electron chi connectivity index (χ3n) is 4.13. The van der Waals surface area contributed by atoms with Gasteiger partial charge in [0.2, 0.25) is 0 Å². The van der Waals surface area contributed by atoms with Crippen LogP contribution in [0.5, 0.6) is 5.75 Å². The normalized spacial score (nSPS) is 18.6. The molecule has 3 nitrogen and oxygen atoms in total. The van der Waals surface area contributed by atoms with Crippen molar-refractivity contribution in [3.63, 3.8) is 0 Å². The molecule has 1 N–H and O–H groups in total. The Hall–Kier alpha value is -1.61. The van der Waals surface area contributed by atoms with Crippen molar-refractivity contribution in [2.45, 2.75) is 32.2 Å². The van der Waals surface area contributed by atoms with Crippen molar-refractivity contribution in [2.75, 3.05) is 13.1 Å². The van der Waals surface area contributed by atoms with Gasteiger partial charge in [0, 0.05) is 17.6 Å². The van der Waals surface area contributed by atoms with E-state index in [1.807, 2.05) is 18.2 Å². The van der Waals surface area contributed by atoms with Gasteiger partial charge in [0.25, 0.3) is 0 Å².